The van der Waals surface area contributed by atoms with Crippen molar-refractivity contribution in [2.45, 2.75) is 6.54 Å². The van der Waals surface area contributed by atoms with E-state index in [0.717, 1.165) is 0 Å². The van der Waals surface area contributed by atoms with E-state index in [2.05, 4.69) is 15.5 Å². The number of carboxylic acid groups (broad SMARTS) is 1. The minimum absolute atomic E-state index is 0.201. The number of aryl methyl sites for hydroxylation is 1. The molecule has 0 unspecified atom stereocenters. The number of hydrogen-bond acceptors (Lipinski definition) is 6. The van der Waals surface area contributed by atoms with Crippen LogP contribution in [0.5, 0.6) is 5.75 Å². The second kappa shape index (κ2) is 6.66. The van der Waals surface area contributed by atoms with E-state index in [4.69, 9.17) is 9.84 Å². The van der Waals surface area contributed by atoms with Gasteiger partial charge < -0.3 is 14.7 Å². The second-order valence-electron chi connectivity index (χ2n) is 4.59. The molecule has 0 atom stereocenters. The predicted molar refractivity (Wildman–Crippen MR) is 74.2 cm³/mol. The standard InChI is InChI=1S/C13H15N5O4/c1-17(7-11-14-15-16-18(11)2)13(21)9-3-5-10(6-4-9)22-8-12(19)20/h3-6H,7-8H2,1-2H3,(H,19,20). The van der Waals surface area contributed by atoms with Crippen LogP contribution in [-0.4, -0.2) is 55.7 Å². The average molecular weight is 305 g/mol. The summed E-state index contributed by atoms with van der Waals surface area (Å²) in [5.41, 5.74) is 0.459. The summed E-state index contributed by atoms with van der Waals surface area (Å²) in [7, 11) is 3.34. The summed E-state index contributed by atoms with van der Waals surface area (Å²) in [6, 6.07) is 6.25. The lowest BCUT2D eigenvalue weighted by Crippen LogP contribution is -2.27. The van der Waals surface area contributed by atoms with Crippen molar-refractivity contribution in [1.82, 2.24) is 25.1 Å². The lowest BCUT2D eigenvalue weighted by molar-refractivity contribution is -0.139. The monoisotopic (exact) mass is 305 g/mol. The Kier molecular flexibility index (Phi) is 4.66. The number of tetrazole rings is 1. The molecule has 1 aromatic heterocycles. The molecule has 0 spiro atoms. The maximum absolute atomic E-state index is 12.3. The van der Waals surface area contributed by atoms with Crippen LogP contribution in [0.1, 0.15) is 16.2 Å². The molecule has 2 rings (SSSR count). The maximum Gasteiger partial charge on any atom is 0.341 e. The molecule has 0 saturated heterocycles. The van der Waals surface area contributed by atoms with Crippen LogP contribution in [0.25, 0.3) is 0 Å². The minimum Gasteiger partial charge on any atom is -0.482 e. The molecule has 9 nitrogen and oxygen atoms in total. The number of rotatable bonds is 6. The van der Waals surface area contributed by atoms with Gasteiger partial charge in [-0.25, -0.2) is 9.48 Å². The Hall–Kier alpha value is -2.97. The van der Waals surface area contributed by atoms with Gasteiger partial charge in [-0.3, -0.25) is 4.79 Å². The van der Waals surface area contributed by atoms with E-state index in [1.54, 1.807) is 38.4 Å². The fourth-order valence-corrected chi connectivity index (χ4v) is 1.73. The average Bonchev–Trinajstić information content (AvgIpc) is 2.90. The van der Waals surface area contributed by atoms with Gasteiger partial charge in [-0.1, -0.05) is 0 Å². The molecule has 0 aliphatic heterocycles. The van der Waals surface area contributed by atoms with Crippen molar-refractivity contribution in [1.29, 1.82) is 0 Å². The molecule has 1 amide bonds. The summed E-state index contributed by atoms with van der Waals surface area (Å²) in [5, 5.41) is 19.6. The van der Waals surface area contributed by atoms with Crippen LogP contribution in [0.15, 0.2) is 24.3 Å². The zero-order valence-electron chi connectivity index (χ0n) is 12.1. The van der Waals surface area contributed by atoms with Gasteiger partial charge in [0.1, 0.15) is 5.75 Å². The highest BCUT2D eigenvalue weighted by Gasteiger charge is 2.15. The number of benzene rings is 1. The third-order valence-electron chi connectivity index (χ3n) is 2.90. The van der Waals surface area contributed by atoms with Crippen LogP contribution in [-0.2, 0) is 18.4 Å². The topological polar surface area (TPSA) is 110 Å². The number of ether oxygens (including phenoxy) is 1. The Morgan fingerprint density at radius 1 is 1.32 bits per heavy atom. The van der Waals surface area contributed by atoms with Crippen LogP contribution >= 0.6 is 0 Å². The summed E-state index contributed by atoms with van der Waals surface area (Å²) in [6.45, 7) is -0.147. The first-order valence-electron chi connectivity index (χ1n) is 6.38. The fourth-order valence-electron chi connectivity index (χ4n) is 1.73. The van der Waals surface area contributed by atoms with Gasteiger partial charge in [-0.15, -0.1) is 5.10 Å². The molecule has 0 bridgehead atoms. The smallest absolute Gasteiger partial charge is 0.341 e. The number of carbonyl (C=O) groups excluding carboxylic acids is 1. The van der Waals surface area contributed by atoms with Gasteiger partial charge in [0.05, 0.1) is 6.54 Å². The summed E-state index contributed by atoms with van der Waals surface area (Å²) in [6.07, 6.45) is 0. The van der Waals surface area contributed by atoms with Crippen molar-refractivity contribution in [3.8, 4) is 5.75 Å². The van der Waals surface area contributed by atoms with Gasteiger partial charge in [0.25, 0.3) is 5.91 Å². The van der Waals surface area contributed by atoms with E-state index in [1.165, 1.54) is 9.58 Å². The summed E-state index contributed by atoms with van der Waals surface area (Å²) < 4.78 is 6.50. The molecule has 9 heteroatoms. The van der Waals surface area contributed by atoms with Crippen LogP contribution in [0.4, 0.5) is 0 Å². The Labute approximate surface area is 126 Å². The highest BCUT2D eigenvalue weighted by molar-refractivity contribution is 5.94. The molecular formula is C13H15N5O4. The quantitative estimate of drug-likeness (QED) is 0.796. The maximum atomic E-state index is 12.3. The zero-order chi connectivity index (χ0) is 16.1. The first-order valence-corrected chi connectivity index (χ1v) is 6.38. The fraction of sp³-hybridized carbons (Fsp3) is 0.308. The van der Waals surface area contributed by atoms with Crippen molar-refractivity contribution >= 4 is 11.9 Å². The number of carbonyl (C=O) groups is 2. The molecule has 0 aliphatic rings. The molecule has 1 N–H and O–H groups in total. The molecule has 0 saturated carbocycles. The van der Waals surface area contributed by atoms with Gasteiger partial charge in [0, 0.05) is 19.7 Å². The van der Waals surface area contributed by atoms with Crippen LogP contribution in [0.3, 0.4) is 0 Å². The van der Waals surface area contributed by atoms with E-state index < -0.39 is 12.6 Å². The predicted octanol–water partition coefficient (Wildman–Crippen LogP) is -0.0543. The molecule has 0 fully saturated rings. The van der Waals surface area contributed by atoms with Gasteiger partial charge in [-0.05, 0) is 34.7 Å². The molecule has 0 aliphatic carbocycles. The third kappa shape index (κ3) is 3.78. The first-order chi connectivity index (χ1) is 10.5. The highest BCUT2D eigenvalue weighted by Crippen LogP contribution is 2.14. The van der Waals surface area contributed by atoms with Crippen LogP contribution in [0.2, 0.25) is 0 Å². The number of aliphatic carboxylic acids is 1. The van der Waals surface area contributed by atoms with E-state index in [1.807, 2.05) is 0 Å². The van der Waals surface area contributed by atoms with Crippen molar-refractivity contribution in [3.63, 3.8) is 0 Å². The number of aromatic nitrogens is 4. The zero-order valence-corrected chi connectivity index (χ0v) is 12.1. The molecule has 1 heterocycles. The largest absolute Gasteiger partial charge is 0.482 e. The van der Waals surface area contributed by atoms with Crippen molar-refractivity contribution < 1.29 is 19.4 Å². The second-order valence-corrected chi connectivity index (χ2v) is 4.59. The minimum atomic E-state index is -1.06. The summed E-state index contributed by atoms with van der Waals surface area (Å²) >= 11 is 0. The van der Waals surface area contributed by atoms with E-state index in [-0.39, 0.29) is 12.5 Å². The Morgan fingerprint density at radius 3 is 2.55 bits per heavy atom. The highest BCUT2D eigenvalue weighted by atomic mass is 16.5. The number of hydrogen-bond donors (Lipinski definition) is 1. The van der Waals surface area contributed by atoms with E-state index in [0.29, 0.717) is 17.1 Å². The van der Waals surface area contributed by atoms with Crippen molar-refractivity contribution in [2.75, 3.05) is 13.7 Å². The molecule has 1 aromatic carbocycles. The van der Waals surface area contributed by atoms with Crippen molar-refractivity contribution in [2.24, 2.45) is 7.05 Å². The summed E-state index contributed by atoms with van der Waals surface area (Å²) in [5.74, 6) is -0.304. The summed E-state index contributed by atoms with van der Waals surface area (Å²) in [4.78, 5) is 24.2. The number of amides is 1. The molecule has 0 radical (unpaired) electrons. The Morgan fingerprint density at radius 2 is 2.00 bits per heavy atom. The third-order valence-corrected chi connectivity index (χ3v) is 2.90. The molecule has 22 heavy (non-hydrogen) atoms. The van der Waals surface area contributed by atoms with Gasteiger partial charge in [-0.2, -0.15) is 0 Å². The molecule has 2 aromatic rings. The van der Waals surface area contributed by atoms with Gasteiger partial charge >= 0.3 is 5.97 Å². The van der Waals surface area contributed by atoms with Gasteiger partial charge in [0.15, 0.2) is 12.4 Å². The molecule has 116 valence electrons. The normalized spacial score (nSPS) is 10.3. The number of nitrogens with zero attached hydrogens (tertiary/aromatic N) is 5. The van der Waals surface area contributed by atoms with Crippen LogP contribution in [0, 0.1) is 0 Å². The molecular weight excluding hydrogens is 290 g/mol. The van der Waals surface area contributed by atoms with Crippen molar-refractivity contribution in [3.05, 3.63) is 35.7 Å². The van der Waals surface area contributed by atoms with E-state index in [9.17, 15) is 9.59 Å². The lowest BCUT2D eigenvalue weighted by atomic mass is 10.2. The Balaban J connectivity index is 1.99. The Bertz CT molecular complexity index is 667. The van der Waals surface area contributed by atoms with Crippen LogP contribution < -0.4 is 4.74 Å². The number of carboxylic acids is 1. The SMILES string of the molecule is CN(Cc1nnnn1C)C(=O)c1ccc(OCC(=O)O)cc1. The lowest BCUT2D eigenvalue weighted by Gasteiger charge is -2.16. The van der Waals surface area contributed by atoms with E-state index >= 15 is 0 Å². The first kappa shape index (κ1) is 15.4. The van der Waals surface area contributed by atoms with Gasteiger partial charge in [0.2, 0.25) is 0 Å².